The van der Waals surface area contributed by atoms with E-state index in [9.17, 15) is 15.0 Å². The molecule has 0 rings (SSSR count). The average Bonchev–Trinajstić information content (AvgIpc) is 2.33. The third kappa shape index (κ3) is 8.49. The van der Waals surface area contributed by atoms with Gasteiger partial charge in [-0.05, 0) is 27.7 Å². The van der Waals surface area contributed by atoms with Gasteiger partial charge in [-0.2, -0.15) is 0 Å². The van der Waals surface area contributed by atoms with Crippen LogP contribution in [0.4, 0.5) is 0 Å². The molecule has 6 heteroatoms. The summed E-state index contributed by atoms with van der Waals surface area (Å²) in [6.45, 7) is 13.5. The minimum atomic E-state index is -1.29. The van der Waals surface area contributed by atoms with E-state index in [1.807, 2.05) is 0 Å². The number of rotatable bonds is 10. The summed E-state index contributed by atoms with van der Waals surface area (Å²) in [4.78, 5) is 11.5. The second-order valence-electron chi connectivity index (χ2n) is 5.68. The maximum absolute atomic E-state index is 11.5. The number of carbonyl (C=O) groups excluding carboxylic acids is 1. The van der Waals surface area contributed by atoms with Gasteiger partial charge >= 0.3 is 5.97 Å². The Morgan fingerprint density at radius 1 is 1.00 bits per heavy atom. The summed E-state index contributed by atoms with van der Waals surface area (Å²) in [5.41, 5.74) is -2.40. The molecule has 0 spiro atoms. The van der Waals surface area contributed by atoms with Crippen LogP contribution in [0.5, 0.6) is 0 Å². The third-order valence-corrected chi connectivity index (χ3v) is 2.65. The number of hydrogen-bond donors (Lipinski definition) is 2. The first-order chi connectivity index (χ1) is 9.46. The Kier molecular flexibility index (Phi) is 7.63. The predicted octanol–water partition coefficient (Wildman–Crippen LogP) is 1.52. The molecule has 0 fully saturated rings. The lowest BCUT2D eigenvalue weighted by molar-refractivity contribution is -0.141. The standard InChI is InChI=1S/C15H26O6/c1-11(14(3,4)17)13(16)20-9-7-8-19-10-21-12(2)15(5,6)18/h17-18H,1-2,7-10H2,3-6H3. The summed E-state index contributed by atoms with van der Waals surface area (Å²) in [5, 5.41) is 19.1. The molecule has 0 aromatic heterocycles. The van der Waals surface area contributed by atoms with E-state index in [0.29, 0.717) is 13.0 Å². The van der Waals surface area contributed by atoms with Gasteiger partial charge in [-0.25, -0.2) is 4.79 Å². The molecule has 0 aliphatic rings. The van der Waals surface area contributed by atoms with E-state index < -0.39 is 17.2 Å². The van der Waals surface area contributed by atoms with Crippen LogP contribution in [0.2, 0.25) is 0 Å². The summed E-state index contributed by atoms with van der Waals surface area (Å²) in [6.07, 6.45) is 0.475. The molecule has 21 heavy (non-hydrogen) atoms. The van der Waals surface area contributed by atoms with Crippen molar-refractivity contribution in [3.8, 4) is 0 Å². The molecule has 2 N–H and O–H groups in total. The van der Waals surface area contributed by atoms with Crippen molar-refractivity contribution in [3.63, 3.8) is 0 Å². The highest BCUT2D eigenvalue weighted by atomic mass is 16.7. The second kappa shape index (κ2) is 8.17. The molecule has 0 amide bonds. The van der Waals surface area contributed by atoms with Crippen molar-refractivity contribution < 1.29 is 29.2 Å². The highest BCUT2D eigenvalue weighted by Gasteiger charge is 2.24. The lowest BCUT2D eigenvalue weighted by Gasteiger charge is -2.20. The molecule has 0 unspecified atom stereocenters. The van der Waals surface area contributed by atoms with Crippen molar-refractivity contribution in [1.82, 2.24) is 0 Å². The normalized spacial score (nSPS) is 11.9. The summed E-state index contributed by atoms with van der Waals surface area (Å²) < 4.78 is 15.2. The van der Waals surface area contributed by atoms with Gasteiger partial charge in [0.15, 0.2) is 6.79 Å². The van der Waals surface area contributed by atoms with E-state index >= 15 is 0 Å². The van der Waals surface area contributed by atoms with E-state index in [-0.39, 0.29) is 24.7 Å². The van der Waals surface area contributed by atoms with E-state index in [1.54, 1.807) is 13.8 Å². The molecule has 0 heterocycles. The van der Waals surface area contributed by atoms with Gasteiger partial charge in [0.05, 0.1) is 24.4 Å². The van der Waals surface area contributed by atoms with Gasteiger partial charge in [0.1, 0.15) is 11.4 Å². The smallest absolute Gasteiger partial charge is 0.336 e. The van der Waals surface area contributed by atoms with Gasteiger partial charge in [0.25, 0.3) is 0 Å². The molecular weight excluding hydrogens is 276 g/mol. The number of ether oxygens (including phenoxy) is 3. The van der Waals surface area contributed by atoms with E-state index in [2.05, 4.69) is 13.2 Å². The molecule has 0 aliphatic heterocycles. The van der Waals surface area contributed by atoms with Crippen LogP contribution in [-0.4, -0.2) is 47.4 Å². The number of esters is 1. The number of hydrogen-bond acceptors (Lipinski definition) is 6. The predicted molar refractivity (Wildman–Crippen MR) is 78.4 cm³/mol. The van der Waals surface area contributed by atoms with Crippen LogP contribution >= 0.6 is 0 Å². The van der Waals surface area contributed by atoms with Crippen LogP contribution in [0.25, 0.3) is 0 Å². The molecule has 0 radical (unpaired) electrons. The topological polar surface area (TPSA) is 85.2 Å². The average molecular weight is 302 g/mol. The second-order valence-corrected chi connectivity index (χ2v) is 5.68. The molecule has 0 atom stereocenters. The Labute approximate surface area is 126 Å². The van der Waals surface area contributed by atoms with Gasteiger partial charge in [-0.1, -0.05) is 13.2 Å². The fourth-order valence-electron chi connectivity index (χ4n) is 1.01. The molecule has 0 aliphatic carbocycles. The molecular formula is C15H26O6. The quantitative estimate of drug-likeness (QED) is 0.209. The van der Waals surface area contributed by atoms with Gasteiger partial charge in [-0.15, -0.1) is 0 Å². The first-order valence-electron chi connectivity index (χ1n) is 6.67. The van der Waals surface area contributed by atoms with Crippen LogP contribution in [0.15, 0.2) is 24.5 Å². The largest absolute Gasteiger partial charge is 0.469 e. The lowest BCUT2D eigenvalue weighted by Crippen LogP contribution is -2.28. The van der Waals surface area contributed by atoms with Gasteiger partial charge in [0.2, 0.25) is 0 Å². The summed E-state index contributed by atoms with van der Waals surface area (Å²) in [6, 6.07) is 0. The summed E-state index contributed by atoms with van der Waals surface area (Å²) in [7, 11) is 0. The lowest BCUT2D eigenvalue weighted by atomic mass is 10.0. The molecule has 0 saturated carbocycles. The Balaban J connectivity index is 3.69. The van der Waals surface area contributed by atoms with E-state index in [1.165, 1.54) is 13.8 Å². The summed E-state index contributed by atoms with van der Waals surface area (Å²) in [5.74, 6) is -0.412. The van der Waals surface area contributed by atoms with Crippen molar-refractivity contribution >= 4 is 5.97 Å². The fraction of sp³-hybridized carbons (Fsp3) is 0.667. The Morgan fingerprint density at radius 2 is 1.57 bits per heavy atom. The minimum absolute atomic E-state index is 0.00762. The zero-order valence-corrected chi connectivity index (χ0v) is 13.3. The Morgan fingerprint density at radius 3 is 2.05 bits per heavy atom. The van der Waals surface area contributed by atoms with E-state index in [4.69, 9.17) is 14.2 Å². The first-order valence-corrected chi connectivity index (χ1v) is 6.67. The van der Waals surface area contributed by atoms with Crippen molar-refractivity contribution in [2.75, 3.05) is 20.0 Å². The van der Waals surface area contributed by atoms with Crippen LogP contribution in [0, 0.1) is 0 Å². The third-order valence-electron chi connectivity index (χ3n) is 2.65. The zero-order valence-electron chi connectivity index (χ0n) is 13.3. The molecule has 0 aromatic rings. The highest BCUT2D eigenvalue weighted by molar-refractivity contribution is 5.89. The molecule has 0 bridgehead atoms. The highest BCUT2D eigenvalue weighted by Crippen LogP contribution is 2.15. The minimum Gasteiger partial charge on any atom is -0.469 e. The molecule has 122 valence electrons. The van der Waals surface area contributed by atoms with Crippen LogP contribution in [0.1, 0.15) is 34.1 Å². The van der Waals surface area contributed by atoms with Gasteiger partial charge < -0.3 is 24.4 Å². The van der Waals surface area contributed by atoms with Crippen LogP contribution < -0.4 is 0 Å². The Bertz CT molecular complexity index is 373. The SMILES string of the molecule is C=C(OCOCCCOC(=O)C(=C)C(C)(C)O)C(C)(C)O. The van der Waals surface area contributed by atoms with Crippen LogP contribution in [-0.2, 0) is 19.0 Å². The molecule has 0 aromatic carbocycles. The zero-order chi connectivity index (χ0) is 16.7. The Hall–Kier alpha value is -1.37. The van der Waals surface area contributed by atoms with Crippen molar-refractivity contribution in [2.24, 2.45) is 0 Å². The number of carbonyl (C=O) groups is 1. The first kappa shape index (κ1) is 19.6. The van der Waals surface area contributed by atoms with Gasteiger partial charge in [0, 0.05) is 6.42 Å². The molecule has 0 saturated heterocycles. The fourth-order valence-corrected chi connectivity index (χ4v) is 1.01. The van der Waals surface area contributed by atoms with Crippen molar-refractivity contribution in [2.45, 2.75) is 45.3 Å². The maximum atomic E-state index is 11.5. The van der Waals surface area contributed by atoms with Crippen molar-refractivity contribution in [3.05, 3.63) is 24.5 Å². The van der Waals surface area contributed by atoms with Gasteiger partial charge in [-0.3, -0.25) is 0 Å². The van der Waals surface area contributed by atoms with E-state index in [0.717, 1.165) is 0 Å². The maximum Gasteiger partial charge on any atom is 0.336 e. The molecule has 6 nitrogen and oxygen atoms in total. The van der Waals surface area contributed by atoms with Crippen LogP contribution in [0.3, 0.4) is 0 Å². The monoisotopic (exact) mass is 302 g/mol. The summed E-state index contributed by atoms with van der Waals surface area (Å²) >= 11 is 0. The van der Waals surface area contributed by atoms with Crippen molar-refractivity contribution in [1.29, 1.82) is 0 Å². The number of aliphatic hydroxyl groups is 2.